The maximum absolute atomic E-state index is 13.5. The lowest BCUT2D eigenvalue weighted by Crippen LogP contribution is -2.54. The van der Waals surface area contributed by atoms with Crippen LogP contribution in [-0.4, -0.2) is 107 Å². The van der Waals surface area contributed by atoms with Gasteiger partial charge >= 0.3 is 6.09 Å². The van der Waals surface area contributed by atoms with E-state index in [1.807, 2.05) is 27.7 Å². The third-order valence-corrected chi connectivity index (χ3v) is 9.72. The second-order valence-corrected chi connectivity index (χ2v) is 16.2. The molecule has 16 nitrogen and oxygen atoms in total. The van der Waals surface area contributed by atoms with Gasteiger partial charge in [0, 0.05) is 52.1 Å². The zero-order valence-electron chi connectivity index (χ0n) is 34.6. The lowest BCUT2D eigenvalue weighted by atomic mass is 10.0. The summed E-state index contributed by atoms with van der Waals surface area (Å²) in [5.74, 6) is -2.61. The highest BCUT2D eigenvalue weighted by atomic mass is 32.1. The largest absolute Gasteiger partial charge is 0.445 e. The molecule has 1 aliphatic rings. The van der Waals surface area contributed by atoms with Crippen molar-refractivity contribution in [3.8, 4) is 0 Å². The first-order valence-corrected chi connectivity index (χ1v) is 20.3. The summed E-state index contributed by atoms with van der Waals surface area (Å²) in [7, 11) is 1.52. The van der Waals surface area contributed by atoms with E-state index in [-0.39, 0.29) is 86.2 Å². The Balaban J connectivity index is 1.98. The van der Waals surface area contributed by atoms with Crippen LogP contribution in [0.5, 0.6) is 0 Å². The number of ether oxygens (including phenoxy) is 1. The van der Waals surface area contributed by atoms with Crippen LogP contribution in [0.1, 0.15) is 99.0 Å². The maximum Gasteiger partial charge on any atom is 0.410 e. The van der Waals surface area contributed by atoms with Gasteiger partial charge in [0.15, 0.2) is 0 Å². The molecule has 0 aromatic heterocycles. The van der Waals surface area contributed by atoms with E-state index in [1.165, 1.54) is 23.8 Å². The van der Waals surface area contributed by atoms with E-state index >= 15 is 0 Å². The van der Waals surface area contributed by atoms with E-state index in [9.17, 15) is 38.4 Å². The van der Waals surface area contributed by atoms with E-state index in [0.717, 1.165) is 0 Å². The highest BCUT2D eigenvalue weighted by Crippen LogP contribution is 2.19. The van der Waals surface area contributed by atoms with Crippen molar-refractivity contribution >= 4 is 65.8 Å². The van der Waals surface area contributed by atoms with Crippen molar-refractivity contribution in [1.82, 2.24) is 31.1 Å². The van der Waals surface area contributed by atoms with Gasteiger partial charge in [0.2, 0.25) is 41.4 Å². The quantitative estimate of drug-likeness (QED) is 0.0544. The number of carbonyl (C=O) groups excluding carboxylic acids is 8. The Morgan fingerprint density at radius 1 is 0.860 bits per heavy atom. The number of thiol groups is 1. The molecule has 57 heavy (non-hydrogen) atoms. The number of hydrogen-bond acceptors (Lipinski definition) is 10. The first-order chi connectivity index (χ1) is 26.8. The van der Waals surface area contributed by atoms with Gasteiger partial charge in [-0.15, -0.1) is 0 Å². The molecule has 318 valence electrons. The SMILES string of the molecule is CC(=O)NCCCC(NC(=O)C(NC(=O)CCCCCN1C(=O)CC(S)C1=O)C(C)C)C(=O)Nc1ccc(COC(=O)N(C)C(C(=O)NCC(C)C)C(C)C)cc1. The summed E-state index contributed by atoms with van der Waals surface area (Å²) in [4.78, 5) is 103. The van der Waals surface area contributed by atoms with Gasteiger partial charge < -0.3 is 31.3 Å². The number of hydrogen-bond donors (Lipinski definition) is 6. The zero-order chi connectivity index (χ0) is 42.8. The zero-order valence-corrected chi connectivity index (χ0v) is 35.5. The number of amides is 8. The third kappa shape index (κ3) is 16.8. The molecule has 17 heteroatoms. The Morgan fingerprint density at radius 3 is 2.09 bits per heavy atom. The van der Waals surface area contributed by atoms with E-state index in [0.29, 0.717) is 43.5 Å². The molecule has 4 atom stereocenters. The van der Waals surface area contributed by atoms with E-state index in [4.69, 9.17) is 4.74 Å². The minimum absolute atomic E-state index is 0.0720. The summed E-state index contributed by atoms with van der Waals surface area (Å²) in [6, 6.07) is 3.98. The molecular weight excluding hydrogens is 755 g/mol. The van der Waals surface area contributed by atoms with E-state index < -0.39 is 41.3 Å². The Hall–Kier alpha value is -4.67. The molecule has 5 N–H and O–H groups in total. The number of anilines is 1. The van der Waals surface area contributed by atoms with Gasteiger partial charge in [0.05, 0.1) is 5.25 Å². The molecule has 1 heterocycles. The van der Waals surface area contributed by atoms with Crippen molar-refractivity contribution in [2.75, 3.05) is 32.0 Å². The van der Waals surface area contributed by atoms with Gasteiger partial charge in [0.25, 0.3) is 0 Å². The fourth-order valence-corrected chi connectivity index (χ4v) is 6.42. The van der Waals surface area contributed by atoms with Crippen molar-refractivity contribution in [1.29, 1.82) is 0 Å². The first kappa shape index (κ1) is 48.5. The van der Waals surface area contributed by atoms with Gasteiger partial charge in [-0.05, 0) is 61.1 Å². The van der Waals surface area contributed by atoms with Crippen molar-refractivity contribution in [3.63, 3.8) is 0 Å². The topological polar surface area (TPSA) is 212 Å². The van der Waals surface area contributed by atoms with Crippen molar-refractivity contribution in [2.45, 2.75) is 123 Å². The van der Waals surface area contributed by atoms with E-state index in [2.05, 4.69) is 39.2 Å². The van der Waals surface area contributed by atoms with Crippen LogP contribution < -0.4 is 26.6 Å². The molecule has 1 aliphatic heterocycles. The van der Waals surface area contributed by atoms with Crippen LogP contribution in [0.2, 0.25) is 0 Å². The number of carbonyl (C=O) groups is 8. The number of likely N-dealkylation sites (tertiary alicyclic amines) is 1. The number of nitrogens with one attached hydrogen (secondary N) is 5. The summed E-state index contributed by atoms with van der Waals surface area (Å²) >= 11 is 4.13. The summed E-state index contributed by atoms with van der Waals surface area (Å²) in [5.41, 5.74) is 1.06. The lowest BCUT2D eigenvalue weighted by Gasteiger charge is -2.29. The van der Waals surface area contributed by atoms with Gasteiger partial charge in [-0.3, -0.25) is 43.4 Å². The van der Waals surface area contributed by atoms with Crippen LogP contribution in [0.25, 0.3) is 0 Å². The monoisotopic (exact) mass is 817 g/mol. The van der Waals surface area contributed by atoms with Gasteiger partial charge in [-0.2, -0.15) is 12.6 Å². The fourth-order valence-electron chi connectivity index (χ4n) is 6.12. The highest BCUT2D eigenvalue weighted by Gasteiger charge is 2.36. The molecule has 0 bridgehead atoms. The van der Waals surface area contributed by atoms with Crippen LogP contribution in [0.15, 0.2) is 24.3 Å². The average Bonchev–Trinajstić information content (AvgIpc) is 3.38. The third-order valence-electron chi connectivity index (χ3n) is 9.32. The molecule has 8 amide bonds. The predicted molar refractivity (Wildman–Crippen MR) is 219 cm³/mol. The van der Waals surface area contributed by atoms with Gasteiger partial charge in [-0.25, -0.2) is 4.79 Å². The van der Waals surface area contributed by atoms with E-state index in [1.54, 1.807) is 38.1 Å². The lowest BCUT2D eigenvalue weighted by molar-refractivity contribution is -0.138. The summed E-state index contributed by atoms with van der Waals surface area (Å²) in [5, 5.41) is 13.3. The minimum atomic E-state index is -1.000. The van der Waals surface area contributed by atoms with Crippen molar-refractivity contribution < 1.29 is 43.1 Å². The fraction of sp³-hybridized carbons (Fsp3) is 0.650. The normalized spacial score (nSPS) is 15.6. The maximum atomic E-state index is 13.5. The summed E-state index contributed by atoms with van der Waals surface area (Å²) in [6.07, 6.45) is 1.78. The molecule has 4 unspecified atom stereocenters. The predicted octanol–water partition coefficient (Wildman–Crippen LogP) is 3.15. The smallest absolute Gasteiger partial charge is 0.410 e. The number of nitrogens with zero attached hydrogens (tertiary/aromatic N) is 2. The summed E-state index contributed by atoms with van der Waals surface area (Å²) in [6.45, 7) is 13.6. The molecule has 1 saturated heterocycles. The summed E-state index contributed by atoms with van der Waals surface area (Å²) < 4.78 is 5.49. The van der Waals surface area contributed by atoms with Crippen molar-refractivity contribution in [2.24, 2.45) is 17.8 Å². The standard InChI is InChI=1S/C40H63N7O9S/c1-24(2)22-42-38(53)35(26(5)6)46(8)40(55)56-23-28-15-17-29(18-16-28)43-36(51)30(13-12-19-41-27(7)48)44-37(52)34(25(3)4)45-32(49)14-10-9-11-20-47-33(50)21-31(57)39(47)54/h15-18,24-26,30-31,34-35,57H,9-14,19-23H2,1-8H3,(H,41,48)(H,42,53)(H,43,51)(H,44,52)(H,45,49). The Labute approximate surface area is 342 Å². The molecule has 1 aromatic rings. The van der Waals surface area contributed by atoms with Crippen molar-refractivity contribution in [3.05, 3.63) is 29.8 Å². The molecule has 0 aliphatic carbocycles. The molecule has 1 fully saturated rings. The number of imide groups is 1. The molecular formula is C40H63N7O9S. The van der Waals surface area contributed by atoms with Crippen LogP contribution in [0.3, 0.4) is 0 Å². The molecule has 0 saturated carbocycles. The van der Waals surface area contributed by atoms with Crippen LogP contribution in [0, 0.1) is 17.8 Å². The Morgan fingerprint density at radius 2 is 1.53 bits per heavy atom. The Bertz CT molecular complexity index is 1550. The Kier molecular flexibility index (Phi) is 20.6. The van der Waals surface area contributed by atoms with Crippen LogP contribution >= 0.6 is 12.6 Å². The number of benzene rings is 1. The number of likely N-dealkylation sites (N-methyl/N-ethyl adjacent to an activating group) is 1. The van der Waals surface area contributed by atoms with Gasteiger partial charge in [0.1, 0.15) is 24.7 Å². The molecule has 1 aromatic carbocycles. The van der Waals surface area contributed by atoms with Crippen LogP contribution in [0.4, 0.5) is 10.5 Å². The highest BCUT2D eigenvalue weighted by molar-refractivity contribution is 7.81. The number of unbranched alkanes of at least 4 members (excludes halogenated alkanes) is 2. The minimum Gasteiger partial charge on any atom is -0.445 e. The number of rotatable bonds is 23. The average molecular weight is 818 g/mol. The molecule has 0 radical (unpaired) electrons. The second-order valence-electron chi connectivity index (χ2n) is 15.6. The molecule has 0 spiro atoms. The van der Waals surface area contributed by atoms with Crippen LogP contribution in [-0.2, 0) is 44.9 Å². The molecule has 2 rings (SSSR count). The van der Waals surface area contributed by atoms with Gasteiger partial charge in [-0.1, -0.05) is 60.1 Å². The first-order valence-electron chi connectivity index (χ1n) is 19.8. The second kappa shape index (κ2) is 24.2.